The summed E-state index contributed by atoms with van der Waals surface area (Å²) in [5, 5.41) is 0. The highest BCUT2D eigenvalue weighted by Gasteiger charge is 2.40. The Hall–Kier alpha value is -2.06. The van der Waals surface area contributed by atoms with Gasteiger partial charge in [0.1, 0.15) is 22.1 Å². The van der Waals surface area contributed by atoms with E-state index in [4.69, 9.17) is 31.2 Å². The first-order valence-electron chi connectivity index (χ1n) is 9.58. The number of carbonyl (C=O) groups is 1. The number of likely N-dealkylation sites (N-methyl/N-ethyl adjacent to an activating group) is 1. The Labute approximate surface area is 178 Å². The maximum absolute atomic E-state index is 12.7. The lowest BCUT2D eigenvalue weighted by molar-refractivity contribution is 0.0169. The zero-order valence-corrected chi connectivity index (χ0v) is 19.2. The Kier molecular flexibility index (Phi) is 7.71. The molecule has 1 amide bonds. The molecule has 0 radical (unpaired) electrons. The topological polar surface area (TPSA) is 60.5 Å². The van der Waals surface area contributed by atoms with Crippen molar-refractivity contribution in [1.29, 1.82) is 0 Å². The van der Waals surface area contributed by atoms with Crippen molar-refractivity contribution < 1.29 is 23.7 Å². The highest BCUT2D eigenvalue weighted by molar-refractivity contribution is 7.80. The summed E-state index contributed by atoms with van der Waals surface area (Å²) in [7, 11) is 6.99. The number of amides is 1. The molecule has 1 aliphatic heterocycles. The van der Waals surface area contributed by atoms with Crippen LogP contribution in [0.1, 0.15) is 32.8 Å². The zero-order valence-electron chi connectivity index (χ0n) is 18.4. The van der Waals surface area contributed by atoms with Crippen LogP contribution in [0.5, 0.6) is 11.5 Å². The van der Waals surface area contributed by atoms with Gasteiger partial charge < -0.3 is 23.8 Å². The van der Waals surface area contributed by atoms with Gasteiger partial charge in [-0.05, 0) is 38.5 Å². The largest absolute Gasteiger partial charge is 0.497 e. The molecular weight excluding hydrogens is 392 g/mol. The fourth-order valence-electron chi connectivity index (χ4n) is 3.14. The Morgan fingerprint density at radius 1 is 1.17 bits per heavy atom. The molecule has 0 aliphatic carbocycles. The fraction of sp³-hybridized carbons (Fsp3) is 0.619. The van der Waals surface area contributed by atoms with Crippen LogP contribution in [0.2, 0.25) is 0 Å². The van der Waals surface area contributed by atoms with Crippen LogP contribution in [0.15, 0.2) is 18.2 Å². The molecule has 7 nitrogen and oxygen atoms in total. The van der Waals surface area contributed by atoms with Crippen molar-refractivity contribution in [3.05, 3.63) is 23.8 Å². The molecule has 0 unspecified atom stereocenters. The minimum absolute atomic E-state index is 0.150. The van der Waals surface area contributed by atoms with Gasteiger partial charge in [-0.25, -0.2) is 4.79 Å². The van der Waals surface area contributed by atoms with E-state index in [1.807, 2.05) is 58.0 Å². The van der Waals surface area contributed by atoms with E-state index < -0.39 is 5.60 Å². The molecule has 1 fully saturated rings. The number of nitrogens with zero attached hydrogens (tertiary/aromatic N) is 2. The van der Waals surface area contributed by atoms with Gasteiger partial charge in [-0.15, -0.1) is 0 Å². The summed E-state index contributed by atoms with van der Waals surface area (Å²) in [4.78, 5) is 16.9. The molecule has 29 heavy (non-hydrogen) atoms. The molecule has 1 aliphatic rings. The SMILES string of the molecule is COc1cc(CO[C@@H]2C[C@@H](C(=S)N(C)C)N(C(=O)OC(C)(C)C)C2)cc(OC)c1. The monoisotopic (exact) mass is 424 g/mol. The Bertz CT molecular complexity index is 710. The van der Waals surface area contributed by atoms with Crippen LogP contribution >= 0.6 is 12.2 Å². The number of benzene rings is 1. The summed E-state index contributed by atoms with van der Waals surface area (Å²) in [6, 6.07) is 5.39. The van der Waals surface area contributed by atoms with E-state index in [9.17, 15) is 4.79 Å². The molecule has 2 atom stereocenters. The van der Waals surface area contributed by atoms with Crippen LogP contribution in [0, 0.1) is 0 Å². The van der Waals surface area contributed by atoms with Gasteiger partial charge >= 0.3 is 6.09 Å². The van der Waals surface area contributed by atoms with E-state index in [0.29, 0.717) is 36.1 Å². The Balaban J connectivity index is 2.10. The van der Waals surface area contributed by atoms with Crippen molar-refractivity contribution in [3.63, 3.8) is 0 Å². The summed E-state index contributed by atoms with van der Waals surface area (Å²) >= 11 is 5.56. The predicted octanol–water partition coefficient (Wildman–Crippen LogP) is 3.49. The smallest absolute Gasteiger partial charge is 0.410 e. The van der Waals surface area contributed by atoms with Crippen molar-refractivity contribution >= 4 is 23.3 Å². The number of carbonyl (C=O) groups excluding carboxylic acids is 1. The second kappa shape index (κ2) is 9.63. The first kappa shape index (κ1) is 23.2. The van der Waals surface area contributed by atoms with Gasteiger partial charge in [0, 0.05) is 26.6 Å². The van der Waals surface area contributed by atoms with E-state index in [2.05, 4.69) is 0 Å². The molecule has 1 aromatic carbocycles. The molecule has 0 spiro atoms. The number of ether oxygens (including phenoxy) is 4. The highest BCUT2D eigenvalue weighted by atomic mass is 32.1. The van der Waals surface area contributed by atoms with E-state index >= 15 is 0 Å². The number of thiocarbonyl (C=S) groups is 1. The van der Waals surface area contributed by atoms with Crippen molar-refractivity contribution in [2.75, 3.05) is 34.9 Å². The lowest BCUT2D eigenvalue weighted by atomic mass is 10.1. The standard InChI is InChI=1S/C21H32N2O5S/c1-21(2,3)28-20(24)23-12-17(11-18(23)19(29)22(4)5)27-13-14-8-15(25-6)10-16(9-14)26-7/h8-10,17-18H,11-13H2,1-7H3/t17-,18+/m1/s1. The summed E-state index contributed by atoms with van der Waals surface area (Å²) in [5.74, 6) is 1.41. The maximum atomic E-state index is 12.7. The van der Waals surface area contributed by atoms with E-state index in [1.165, 1.54) is 0 Å². The lowest BCUT2D eigenvalue weighted by Crippen LogP contribution is -2.46. The molecule has 0 N–H and O–H groups in total. The van der Waals surface area contributed by atoms with Gasteiger partial charge in [0.2, 0.25) is 0 Å². The van der Waals surface area contributed by atoms with Crippen molar-refractivity contribution in [2.45, 2.75) is 51.5 Å². The number of methoxy groups -OCH3 is 2. The van der Waals surface area contributed by atoms with E-state index in [0.717, 1.165) is 5.56 Å². The first-order valence-corrected chi connectivity index (χ1v) is 9.99. The Morgan fingerprint density at radius 3 is 2.24 bits per heavy atom. The molecule has 2 rings (SSSR count). The van der Waals surface area contributed by atoms with Gasteiger partial charge in [-0.2, -0.15) is 0 Å². The van der Waals surface area contributed by atoms with Gasteiger partial charge in [0.25, 0.3) is 0 Å². The molecule has 0 aromatic heterocycles. The second-order valence-corrected chi connectivity index (χ2v) is 8.69. The van der Waals surface area contributed by atoms with Crippen LogP contribution in [0.3, 0.4) is 0 Å². The molecule has 1 saturated heterocycles. The third-order valence-electron chi connectivity index (χ3n) is 4.51. The Morgan fingerprint density at radius 2 is 1.76 bits per heavy atom. The van der Waals surface area contributed by atoms with E-state index in [1.54, 1.807) is 19.1 Å². The van der Waals surface area contributed by atoms with Crippen LogP contribution in [0.4, 0.5) is 4.79 Å². The summed E-state index contributed by atoms with van der Waals surface area (Å²) in [6.07, 6.45) is 0.0978. The number of rotatable bonds is 6. The molecule has 162 valence electrons. The summed E-state index contributed by atoms with van der Waals surface area (Å²) in [6.45, 7) is 6.36. The lowest BCUT2D eigenvalue weighted by Gasteiger charge is -2.30. The first-order chi connectivity index (χ1) is 13.5. The molecule has 0 bridgehead atoms. The minimum Gasteiger partial charge on any atom is -0.497 e. The predicted molar refractivity (Wildman–Crippen MR) is 116 cm³/mol. The number of hydrogen-bond donors (Lipinski definition) is 0. The average Bonchev–Trinajstić information content (AvgIpc) is 3.08. The molecule has 0 saturated carbocycles. The molecule has 1 heterocycles. The average molecular weight is 425 g/mol. The van der Waals surface area contributed by atoms with Gasteiger partial charge in [-0.3, -0.25) is 4.90 Å². The summed E-state index contributed by atoms with van der Waals surface area (Å²) < 4.78 is 22.3. The third kappa shape index (κ3) is 6.47. The molecular formula is C21H32N2O5S. The minimum atomic E-state index is -0.572. The van der Waals surface area contributed by atoms with Crippen molar-refractivity contribution in [1.82, 2.24) is 9.80 Å². The van der Waals surface area contributed by atoms with Crippen LogP contribution < -0.4 is 9.47 Å². The third-order valence-corrected chi connectivity index (χ3v) is 5.15. The summed E-state index contributed by atoms with van der Waals surface area (Å²) in [5.41, 5.74) is 0.362. The second-order valence-electron chi connectivity index (χ2n) is 8.27. The van der Waals surface area contributed by atoms with Gasteiger partial charge in [-0.1, -0.05) is 12.2 Å². The van der Waals surface area contributed by atoms with Crippen molar-refractivity contribution in [2.24, 2.45) is 0 Å². The normalized spacial score (nSPS) is 19.1. The fourth-order valence-corrected chi connectivity index (χ4v) is 3.36. The van der Waals surface area contributed by atoms with Crippen LogP contribution in [-0.4, -0.2) is 73.5 Å². The number of likely N-dealkylation sites (tertiary alicyclic amines) is 1. The maximum Gasteiger partial charge on any atom is 0.410 e. The zero-order chi connectivity index (χ0) is 21.8. The van der Waals surface area contributed by atoms with Crippen molar-refractivity contribution in [3.8, 4) is 11.5 Å². The quantitative estimate of drug-likeness (QED) is 0.648. The number of hydrogen-bond acceptors (Lipinski definition) is 6. The van der Waals surface area contributed by atoms with Crippen LogP contribution in [-0.2, 0) is 16.1 Å². The molecule has 8 heteroatoms. The highest BCUT2D eigenvalue weighted by Crippen LogP contribution is 2.27. The van der Waals surface area contributed by atoms with Gasteiger partial charge in [0.05, 0.1) is 39.5 Å². The molecule has 1 aromatic rings. The van der Waals surface area contributed by atoms with Gasteiger partial charge in [0.15, 0.2) is 0 Å². The van der Waals surface area contributed by atoms with Crippen LogP contribution in [0.25, 0.3) is 0 Å². The van der Waals surface area contributed by atoms with E-state index in [-0.39, 0.29) is 18.2 Å².